The Kier molecular flexibility index (Phi) is 6.42. The van der Waals surface area contributed by atoms with Gasteiger partial charge in [-0.2, -0.15) is 5.26 Å². The van der Waals surface area contributed by atoms with Gasteiger partial charge in [0.2, 0.25) is 5.91 Å². The molecule has 3 atom stereocenters. The molecule has 0 saturated carbocycles. The van der Waals surface area contributed by atoms with Crippen LogP contribution in [-0.4, -0.2) is 47.7 Å². The molecule has 148 valence electrons. The Morgan fingerprint density at radius 2 is 1.93 bits per heavy atom. The molecule has 1 aromatic carbocycles. The molecule has 28 heavy (non-hydrogen) atoms. The molecule has 1 aliphatic heterocycles. The van der Waals surface area contributed by atoms with Crippen molar-refractivity contribution in [3.05, 3.63) is 30.0 Å². The first kappa shape index (κ1) is 20.0. The minimum absolute atomic E-state index is 0.0313. The van der Waals surface area contributed by atoms with Gasteiger partial charge in [-0.05, 0) is 32.4 Å². The first-order valence-corrected chi connectivity index (χ1v) is 9.87. The van der Waals surface area contributed by atoms with Crippen molar-refractivity contribution in [2.24, 2.45) is 0 Å². The predicted octanol–water partition coefficient (Wildman–Crippen LogP) is 2.77. The Morgan fingerprint density at radius 1 is 1.29 bits per heavy atom. The highest BCUT2D eigenvalue weighted by molar-refractivity contribution is 5.88. The lowest BCUT2D eigenvalue weighted by Gasteiger charge is -2.37. The van der Waals surface area contributed by atoms with Gasteiger partial charge in [0, 0.05) is 19.6 Å². The van der Waals surface area contributed by atoms with E-state index in [4.69, 9.17) is 14.7 Å². The number of benzene rings is 1. The van der Waals surface area contributed by atoms with Crippen LogP contribution in [-0.2, 0) is 9.53 Å². The number of fused-ring (bicyclic) bond motifs is 1. The number of rotatable bonds is 6. The number of para-hydroxylation sites is 2. The summed E-state index contributed by atoms with van der Waals surface area (Å²) in [6, 6.07) is 9.67. The van der Waals surface area contributed by atoms with Gasteiger partial charge in [-0.3, -0.25) is 4.79 Å². The number of anilines is 1. The van der Waals surface area contributed by atoms with E-state index >= 15 is 0 Å². The fourth-order valence-corrected chi connectivity index (χ4v) is 3.52. The van der Waals surface area contributed by atoms with Gasteiger partial charge in [0.1, 0.15) is 5.69 Å². The Hall–Kier alpha value is -2.72. The molecule has 2 heterocycles. The lowest BCUT2D eigenvalue weighted by atomic mass is 10.0. The van der Waals surface area contributed by atoms with Crippen LogP contribution in [0.2, 0.25) is 0 Å². The molecule has 7 heteroatoms. The summed E-state index contributed by atoms with van der Waals surface area (Å²) in [6.45, 7) is 7.91. The first-order valence-electron chi connectivity index (χ1n) is 9.87. The summed E-state index contributed by atoms with van der Waals surface area (Å²) in [5.74, 6) is -0.730. The molecule has 1 saturated heterocycles. The van der Waals surface area contributed by atoms with Crippen LogP contribution in [0.25, 0.3) is 11.0 Å². The van der Waals surface area contributed by atoms with Crippen LogP contribution < -0.4 is 10.2 Å². The molecule has 0 spiro atoms. The molecule has 0 unspecified atom stereocenters. The quantitative estimate of drug-likeness (QED) is 0.774. The van der Waals surface area contributed by atoms with E-state index in [0.29, 0.717) is 36.7 Å². The van der Waals surface area contributed by atoms with E-state index in [-0.39, 0.29) is 18.1 Å². The number of carbonyl (C=O) groups is 1. The number of hydrogen-bond acceptors (Lipinski definition) is 6. The third-order valence-corrected chi connectivity index (χ3v) is 4.79. The highest BCUT2D eigenvalue weighted by Crippen LogP contribution is 2.29. The van der Waals surface area contributed by atoms with Crippen LogP contribution in [0.4, 0.5) is 5.82 Å². The van der Waals surface area contributed by atoms with Crippen LogP contribution in [0, 0.1) is 11.3 Å². The van der Waals surface area contributed by atoms with Crippen molar-refractivity contribution in [3.63, 3.8) is 0 Å². The van der Waals surface area contributed by atoms with Crippen molar-refractivity contribution >= 4 is 22.8 Å². The molecule has 0 radical (unpaired) electrons. The molecule has 1 aromatic heterocycles. The normalized spacial score (nSPS) is 20.6. The maximum Gasteiger partial charge on any atom is 0.243 e. The summed E-state index contributed by atoms with van der Waals surface area (Å²) in [6.07, 6.45) is 1.91. The summed E-state index contributed by atoms with van der Waals surface area (Å²) < 4.78 is 5.83. The van der Waals surface area contributed by atoms with Gasteiger partial charge >= 0.3 is 0 Å². The van der Waals surface area contributed by atoms with Crippen LogP contribution in [0.1, 0.15) is 45.2 Å². The number of unbranched alkanes of at least 4 members (excludes halogenated alkanes) is 1. The second kappa shape index (κ2) is 8.98. The van der Waals surface area contributed by atoms with Gasteiger partial charge in [0.15, 0.2) is 11.7 Å². The smallest absolute Gasteiger partial charge is 0.243 e. The van der Waals surface area contributed by atoms with Gasteiger partial charge in [-0.25, -0.2) is 9.97 Å². The Labute approximate surface area is 165 Å². The molecule has 3 rings (SSSR count). The molecule has 0 bridgehead atoms. The van der Waals surface area contributed by atoms with Crippen molar-refractivity contribution in [2.75, 3.05) is 24.5 Å². The van der Waals surface area contributed by atoms with E-state index in [1.807, 2.05) is 38.1 Å². The fourth-order valence-electron chi connectivity index (χ4n) is 3.52. The number of nitrogens with one attached hydrogen (secondary N) is 1. The number of nitriles is 1. The number of ether oxygens (including phenoxy) is 1. The number of carbonyl (C=O) groups excluding carboxylic acids is 1. The predicted molar refractivity (Wildman–Crippen MR) is 108 cm³/mol. The SMILES string of the molecule is CCCCNC(=O)[C@H](C#N)c1nc2ccccc2nc1N1C[C@@H](C)O[C@@H](C)C1. The van der Waals surface area contributed by atoms with E-state index in [1.54, 1.807) is 0 Å². The summed E-state index contributed by atoms with van der Waals surface area (Å²) in [4.78, 5) is 24.3. The molecule has 7 nitrogen and oxygen atoms in total. The fraction of sp³-hybridized carbons (Fsp3) is 0.524. The summed E-state index contributed by atoms with van der Waals surface area (Å²) in [5, 5.41) is 12.6. The summed E-state index contributed by atoms with van der Waals surface area (Å²) >= 11 is 0. The molecule has 1 aliphatic rings. The standard InChI is InChI=1S/C21H27N5O2/c1-4-5-10-23-21(27)16(11-22)19-20(26-12-14(2)28-15(3)13-26)25-18-9-7-6-8-17(18)24-19/h6-9,14-16H,4-5,10,12-13H2,1-3H3,(H,23,27)/t14-,15+,16-/m1/s1. The largest absolute Gasteiger partial charge is 0.372 e. The van der Waals surface area contributed by atoms with Crippen LogP contribution in [0.5, 0.6) is 0 Å². The van der Waals surface area contributed by atoms with Crippen molar-refractivity contribution in [1.82, 2.24) is 15.3 Å². The van der Waals surface area contributed by atoms with E-state index in [9.17, 15) is 10.1 Å². The van der Waals surface area contributed by atoms with E-state index in [1.165, 1.54) is 0 Å². The second-order valence-corrected chi connectivity index (χ2v) is 7.29. The zero-order valence-electron chi connectivity index (χ0n) is 16.7. The van der Waals surface area contributed by atoms with Gasteiger partial charge in [0.05, 0.1) is 29.3 Å². The summed E-state index contributed by atoms with van der Waals surface area (Å²) in [5.41, 5.74) is 1.84. The van der Waals surface area contributed by atoms with E-state index < -0.39 is 5.92 Å². The van der Waals surface area contributed by atoms with Gasteiger partial charge in [0.25, 0.3) is 0 Å². The molecule has 1 N–H and O–H groups in total. The number of hydrogen-bond donors (Lipinski definition) is 1. The average Bonchev–Trinajstić information content (AvgIpc) is 2.67. The number of nitrogens with zero attached hydrogens (tertiary/aromatic N) is 4. The number of aromatic nitrogens is 2. The lowest BCUT2D eigenvalue weighted by Crippen LogP contribution is -2.46. The Balaban J connectivity index is 2.03. The van der Waals surface area contributed by atoms with Crippen molar-refractivity contribution < 1.29 is 9.53 Å². The maximum atomic E-state index is 12.7. The van der Waals surface area contributed by atoms with Crippen molar-refractivity contribution in [2.45, 2.75) is 51.7 Å². The van der Waals surface area contributed by atoms with Gasteiger partial charge < -0.3 is 15.0 Å². The topological polar surface area (TPSA) is 91.1 Å². The average molecular weight is 381 g/mol. The molecule has 1 fully saturated rings. The van der Waals surface area contributed by atoms with Crippen LogP contribution in [0.15, 0.2) is 24.3 Å². The second-order valence-electron chi connectivity index (χ2n) is 7.29. The molecular weight excluding hydrogens is 354 g/mol. The van der Waals surface area contributed by atoms with Crippen molar-refractivity contribution in [1.29, 1.82) is 5.26 Å². The number of morpholine rings is 1. The first-order chi connectivity index (χ1) is 13.5. The lowest BCUT2D eigenvalue weighted by molar-refractivity contribution is -0.121. The monoisotopic (exact) mass is 381 g/mol. The minimum atomic E-state index is -1.00. The Morgan fingerprint density at radius 3 is 2.54 bits per heavy atom. The summed E-state index contributed by atoms with van der Waals surface area (Å²) in [7, 11) is 0. The minimum Gasteiger partial charge on any atom is -0.372 e. The maximum absolute atomic E-state index is 12.7. The zero-order chi connectivity index (χ0) is 20.1. The molecule has 1 amide bonds. The Bertz CT molecular complexity index is 869. The van der Waals surface area contributed by atoms with E-state index in [2.05, 4.69) is 23.2 Å². The highest BCUT2D eigenvalue weighted by atomic mass is 16.5. The molecular formula is C21H27N5O2. The number of amides is 1. The zero-order valence-corrected chi connectivity index (χ0v) is 16.7. The van der Waals surface area contributed by atoms with E-state index in [0.717, 1.165) is 18.4 Å². The van der Waals surface area contributed by atoms with Crippen molar-refractivity contribution in [3.8, 4) is 6.07 Å². The highest BCUT2D eigenvalue weighted by Gasteiger charge is 2.31. The molecule has 0 aliphatic carbocycles. The third kappa shape index (κ3) is 4.39. The van der Waals surface area contributed by atoms with Gasteiger partial charge in [-0.1, -0.05) is 25.5 Å². The molecule has 2 aromatic rings. The van der Waals surface area contributed by atoms with Crippen LogP contribution >= 0.6 is 0 Å². The third-order valence-electron chi connectivity index (χ3n) is 4.79. The van der Waals surface area contributed by atoms with Crippen LogP contribution in [0.3, 0.4) is 0 Å². The van der Waals surface area contributed by atoms with Gasteiger partial charge in [-0.15, -0.1) is 0 Å².